The van der Waals surface area contributed by atoms with Crippen molar-refractivity contribution in [2.24, 2.45) is 11.3 Å². The van der Waals surface area contributed by atoms with Gasteiger partial charge in [0.1, 0.15) is 0 Å². The molecular formula is C18H25ClN2O3S. The quantitative estimate of drug-likeness (QED) is 0.802. The van der Waals surface area contributed by atoms with E-state index in [9.17, 15) is 13.2 Å². The summed E-state index contributed by atoms with van der Waals surface area (Å²) in [7, 11) is 0.0298. The van der Waals surface area contributed by atoms with E-state index in [4.69, 9.17) is 11.6 Å². The van der Waals surface area contributed by atoms with Gasteiger partial charge in [0.05, 0.1) is 11.7 Å². The largest absolute Gasteiger partial charge is 0.349 e. The molecule has 0 bridgehead atoms. The molecule has 2 aliphatic rings. The van der Waals surface area contributed by atoms with Crippen LogP contribution in [0.15, 0.2) is 24.3 Å². The molecule has 1 spiro atoms. The Labute approximate surface area is 155 Å². The lowest BCUT2D eigenvalue weighted by Gasteiger charge is -2.30. The van der Waals surface area contributed by atoms with Gasteiger partial charge in [-0.1, -0.05) is 36.6 Å². The second kappa shape index (κ2) is 6.89. The van der Waals surface area contributed by atoms with E-state index in [2.05, 4.69) is 0 Å². The Bertz CT molecular complexity index is 740. The summed E-state index contributed by atoms with van der Waals surface area (Å²) in [5.74, 6) is -0.237. The molecule has 1 aliphatic heterocycles. The van der Waals surface area contributed by atoms with Crippen LogP contribution in [0.4, 0.5) is 0 Å². The molecule has 1 aromatic carbocycles. The van der Waals surface area contributed by atoms with Gasteiger partial charge in [0, 0.05) is 32.2 Å². The predicted octanol–water partition coefficient (Wildman–Crippen LogP) is 2.75. The molecule has 3 rings (SSSR count). The van der Waals surface area contributed by atoms with Crippen molar-refractivity contribution < 1.29 is 13.2 Å². The zero-order chi connectivity index (χ0) is 18.2. The van der Waals surface area contributed by atoms with Gasteiger partial charge in [0.2, 0.25) is 15.9 Å². The maximum Gasteiger partial charge on any atom is 0.227 e. The summed E-state index contributed by atoms with van der Waals surface area (Å²) in [4.78, 5) is 14.3. The Hall–Kier alpha value is -1.11. The van der Waals surface area contributed by atoms with Crippen molar-refractivity contribution in [3.8, 4) is 0 Å². The third-order valence-corrected chi connectivity index (χ3v) is 7.63. The topological polar surface area (TPSA) is 57.7 Å². The first kappa shape index (κ1) is 18.7. The first-order valence-electron chi connectivity index (χ1n) is 8.67. The molecular weight excluding hydrogens is 360 g/mol. The number of halogens is 1. The molecule has 1 heterocycles. The second-order valence-electron chi connectivity index (χ2n) is 7.53. The highest BCUT2D eigenvalue weighted by atomic mass is 35.5. The van der Waals surface area contributed by atoms with Crippen LogP contribution in [-0.4, -0.2) is 50.7 Å². The second-order valence-corrected chi connectivity index (χ2v) is 9.94. The number of hydrogen-bond donors (Lipinski definition) is 0. The Morgan fingerprint density at radius 1 is 1.24 bits per heavy atom. The number of sulfonamides is 1. The SMILES string of the molecule is CN(C)C(=O)C1CN(S(=O)(=O)Cc2ccc(Cl)cc2)CC12CCCC2. The number of nitrogens with zero attached hydrogens (tertiary/aromatic N) is 2. The zero-order valence-electron chi connectivity index (χ0n) is 14.7. The monoisotopic (exact) mass is 384 g/mol. The highest BCUT2D eigenvalue weighted by Gasteiger charge is 2.54. The van der Waals surface area contributed by atoms with Gasteiger partial charge in [0.25, 0.3) is 0 Å². The molecule has 1 unspecified atom stereocenters. The van der Waals surface area contributed by atoms with Gasteiger partial charge in [0.15, 0.2) is 0 Å². The Morgan fingerprint density at radius 2 is 1.84 bits per heavy atom. The van der Waals surface area contributed by atoms with Crippen molar-refractivity contribution in [2.45, 2.75) is 31.4 Å². The minimum atomic E-state index is -3.46. The fourth-order valence-electron chi connectivity index (χ4n) is 4.26. The first-order chi connectivity index (χ1) is 11.7. The molecule has 0 radical (unpaired) electrons. The van der Waals surface area contributed by atoms with Crippen LogP contribution < -0.4 is 0 Å². The van der Waals surface area contributed by atoms with E-state index in [0.717, 1.165) is 25.7 Å². The average Bonchev–Trinajstić information content (AvgIpc) is 3.17. The van der Waals surface area contributed by atoms with Gasteiger partial charge in [-0.15, -0.1) is 0 Å². The number of amides is 1. The number of hydrogen-bond acceptors (Lipinski definition) is 3. The van der Waals surface area contributed by atoms with Crippen LogP contribution in [0.3, 0.4) is 0 Å². The highest BCUT2D eigenvalue weighted by Crippen LogP contribution is 2.50. The molecule has 1 saturated heterocycles. The molecule has 25 heavy (non-hydrogen) atoms. The van der Waals surface area contributed by atoms with E-state index in [0.29, 0.717) is 23.7 Å². The molecule has 1 saturated carbocycles. The number of carbonyl (C=O) groups is 1. The molecule has 7 heteroatoms. The average molecular weight is 385 g/mol. The molecule has 1 amide bonds. The maximum absolute atomic E-state index is 12.9. The molecule has 5 nitrogen and oxygen atoms in total. The van der Waals surface area contributed by atoms with Crippen molar-refractivity contribution in [1.82, 2.24) is 9.21 Å². The summed E-state index contributed by atoms with van der Waals surface area (Å²) in [5.41, 5.74) is 0.529. The van der Waals surface area contributed by atoms with Crippen molar-refractivity contribution in [3.05, 3.63) is 34.9 Å². The van der Waals surface area contributed by atoms with Crippen LogP contribution in [0.25, 0.3) is 0 Å². The number of carbonyl (C=O) groups excluding carboxylic acids is 1. The number of rotatable bonds is 4. The van der Waals surface area contributed by atoms with Gasteiger partial charge in [-0.3, -0.25) is 4.79 Å². The fraction of sp³-hybridized carbons (Fsp3) is 0.611. The summed E-state index contributed by atoms with van der Waals surface area (Å²) >= 11 is 5.87. The van der Waals surface area contributed by atoms with Crippen molar-refractivity contribution in [1.29, 1.82) is 0 Å². The van der Waals surface area contributed by atoms with E-state index in [1.165, 1.54) is 0 Å². The van der Waals surface area contributed by atoms with Gasteiger partial charge < -0.3 is 4.90 Å². The van der Waals surface area contributed by atoms with Gasteiger partial charge in [-0.25, -0.2) is 12.7 Å². The van der Waals surface area contributed by atoms with Gasteiger partial charge in [-0.2, -0.15) is 0 Å². The summed E-state index contributed by atoms with van der Waals surface area (Å²) in [6.07, 6.45) is 4.01. The van der Waals surface area contributed by atoms with E-state index >= 15 is 0 Å². The molecule has 138 valence electrons. The van der Waals surface area contributed by atoms with Crippen LogP contribution in [0, 0.1) is 11.3 Å². The van der Waals surface area contributed by atoms with Crippen LogP contribution in [0.1, 0.15) is 31.2 Å². The minimum Gasteiger partial charge on any atom is -0.349 e. The van der Waals surface area contributed by atoms with Crippen molar-refractivity contribution in [3.63, 3.8) is 0 Å². The maximum atomic E-state index is 12.9. The minimum absolute atomic E-state index is 0.0473. The normalized spacial score (nSPS) is 23.2. The molecule has 1 aromatic rings. The van der Waals surface area contributed by atoms with E-state index in [1.807, 2.05) is 0 Å². The predicted molar refractivity (Wildman–Crippen MR) is 98.7 cm³/mol. The highest BCUT2D eigenvalue weighted by molar-refractivity contribution is 7.88. The summed E-state index contributed by atoms with van der Waals surface area (Å²) in [5, 5.41) is 0.587. The Kier molecular flexibility index (Phi) is 5.15. The number of benzene rings is 1. The zero-order valence-corrected chi connectivity index (χ0v) is 16.3. The van der Waals surface area contributed by atoms with Gasteiger partial charge >= 0.3 is 0 Å². The smallest absolute Gasteiger partial charge is 0.227 e. The van der Waals surface area contributed by atoms with Crippen LogP contribution in [0.5, 0.6) is 0 Å². The van der Waals surface area contributed by atoms with Crippen LogP contribution >= 0.6 is 11.6 Å². The van der Waals surface area contributed by atoms with E-state index in [1.54, 1.807) is 47.6 Å². The molecule has 1 atom stereocenters. The Balaban J connectivity index is 1.82. The Morgan fingerprint density at radius 3 is 2.40 bits per heavy atom. The summed E-state index contributed by atoms with van der Waals surface area (Å²) in [6, 6.07) is 6.88. The fourth-order valence-corrected chi connectivity index (χ4v) is 6.01. The summed E-state index contributed by atoms with van der Waals surface area (Å²) < 4.78 is 27.4. The van der Waals surface area contributed by atoms with E-state index < -0.39 is 10.0 Å². The molecule has 2 fully saturated rings. The first-order valence-corrected chi connectivity index (χ1v) is 10.7. The lowest BCUT2D eigenvalue weighted by Crippen LogP contribution is -2.39. The third kappa shape index (κ3) is 3.71. The summed E-state index contributed by atoms with van der Waals surface area (Å²) in [6.45, 7) is 0.764. The standard InChI is InChI=1S/C18H25ClN2O3S/c1-20(2)17(22)16-11-21(13-18(16)9-3-4-10-18)25(23,24)12-14-5-7-15(19)8-6-14/h5-8,16H,3-4,9-13H2,1-2H3. The molecule has 0 aromatic heterocycles. The van der Waals surface area contributed by atoms with E-state index in [-0.39, 0.29) is 23.0 Å². The van der Waals surface area contributed by atoms with Gasteiger partial charge in [-0.05, 0) is 36.0 Å². The lowest BCUT2D eigenvalue weighted by atomic mass is 9.76. The van der Waals surface area contributed by atoms with Crippen molar-refractivity contribution in [2.75, 3.05) is 27.2 Å². The molecule has 0 N–H and O–H groups in total. The van der Waals surface area contributed by atoms with Crippen LogP contribution in [0.2, 0.25) is 5.02 Å². The van der Waals surface area contributed by atoms with Crippen molar-refractivity contribution >= 4 is 27.5 Å². The lowest BCUT2D eigenvalue weighted by molar-refractivity contribution is -0.135. The molecule has 1 aliphatic carbocycles. The third-order valence-electron chi connectivity index (χ3n) is 5.61. The van der Waals surface area contributed by atoms with Crippen LogP contribution in [-0.2, 0) is 20.6 Å².